The van der Waals surface area contributed by atoms with E-state index in [1.807, 2.05) is 13.8 Å². The largest absolute Gasteiger partial charge is 0.310 e. The lowest BCUT2D eigenvalue weighted by molar-refractivity contribution is -0.116. The van der Waals surface area contributed by atoms with Crippen molar-refractivity contribution in [1.82, 2.24) is 9.97 Å². The Morgan fingerprint density at radius 3 is 2.71 bits per heavy atom. The van der Waals surface area contributed by atoms with Crippen molar-refractivity contribution >= 4 is 5.78 Å². The number of hydrogen-bond acceptors (Lipinski definition) is 3. The van der Waals surface area contributed by atoms with Crippen molar-refractivity contribution in [2.24, 2.45) is 0 Å². The second-order valence-electron chi connectivity index (χ2n) is 3.66. The second kappa shape index (κ2) is 4.17. The Bertz CT molecular complexity index is 393. The number of nitrogens with one attached hydrogen (secondary N) is 1. The molecule has 4 heteroatoms. The van der Waals surface area contributed by atoms with E-state index < -0.39 is 0 Å². The third-order valence-corrected chi connectivity index (χ3v) is 1.79. The van der Waals surface area contributed by atoms with E-state index in [9.17, 15) is 9.59 Å². The van der Waals surface area contributed by atoms with Crippen LogP contribution < -0.4 is 5.56 Å². The minimum atomic E-state index is -0.194. The zero-order valence-electron chi connectivity index (χ0n) is 8.63. The van der Waals surface area contributed by atoms with Crippen LogP contribution in [-0.4, -0.2) is 15.8 Å². The maximum absolute atomic E-state index is 11.2. The number of Topliss-reactive ketones (excluding diaryl/α,β-unsaturated/α-hetero) is 1. The summed E-state index contributed by atoms with van der Waals surface area (Å²) in [5, 5.41) is 0. The van der Waals surface area contributed by atoms with Gasteiger partial charge < -0.3 is 4.98 Å². The average Bonchev–Trinajstić information content (AvgIpc) is 2.01. The predicted octanol–water partition coefficient (Wildman–Crippen LogP) is 1.02. The van der Waals surface area contributed by atoms with Gasteiger partial charge in [-0.15, -0.1) is 0 Å². The van der Waals surface area contributed by atoms with Crippen LogP contribution in [-0.2, 0) is 11.2 Å². The summed E-state index contributed by atoms with van der Waals surface area (Å²) in [5.74, 6) is 0.807. The summed E-state index contributed by atoms with van der Waals surface area (Å²) in [5.41, 5.74) is 0.352. The highest BCUT2D eigenvalue weighted by atomic mass is 16.1. The highest BCUT2D eigenvalue weighted by molar-refractivity contribution is 5.77. The van der Waals surface area contributed by atoms with Crippen molar-refractivity contribution in [3.05, 3.63) is 27.9 Å². The van der Waals surface area contributed by atoms with Crippen molar-refractivity contribution in [1.29, 1.82) is 0 Å². The van der Waals surface area contributed by atoms with Crippen molar-refractivity contribution in [3.8, 4) is 0 Å². The van der Waals surface area contributed by atoms with E-state index in [1.165, 1.54) is 13.0 Å². The summed E-state index contributed by atoms with van der Waals surface area (Å²) in [6, 6.07) is 1.37. The van der Waals surface area contributed by atoms with E-state index in [0.717, 1.165) is 0 Å². The Morgan fingerprint density at radius 2 is 2.21 bits per heavy atom. The van der Waals surface area contributed by atoms with Gasteiger partial charge in [-0.25, -0.2) is 4.98 Å². The summed E-state index contributed by atoms with van der Waals surface area (Å²) < 4.78 is 0. The lowest BCUT2D eigenvalue weighted by Gasteiger charge is -2.05. The third kappa shape index (κ3) is 2.80. The molecule has 0 spiro atoms. The van der Waals surface area contributed by atoms with Gasteiger partial charge in [-0.05, 0) is 6.92 Å². The second-order valence-corrected chi connectivity index (χ2v) is 3.66. The van der Waals surface area contributed by atoms with Gasteiger partial charge in [-0.2, -0.15) is 0 Å². The lowest BCUT2D eigenvalue weighted by atomic mass is 10.2. The van der Waals surface area contributed by atoms with Gasteiger partial charge in [0, 0.05) is 18.4 Å². The zero-order chi connectivity index (χ0) is 10.7. The zero-order valence-corrected chi connectivity index (χ0v) is 8.63. The predicted molar refractivity (Wildman–Crippen MR) is 53.3 cm³/mol. The number of carbonyl (C=O) groups excluding carboxylic acids is 1. The van der Waals surface area contributed by atoms with Gasteiger partial charge in [0.15, 0.2) is 0 Å². The number of aromatic amines is 1. The maximum Gasteiger partial charge on any atom is 0.251 e. The molecule has 0 radical (unpaired) electrons. The Kier molecular flexibility index (Phi) is 3.17. The van der Waals surface area contributed by atoms with Crippen LogP contribution in [0.1, 0.15) is 38.2 Å². The van der Waals surface area contributed by atoms with Crippen LogP contribution in [0.5, 0.6) is 0 Å². The monoisotopic (exact) mass is 194 g/mol. The molecule has 14 heavy (non-hydrogen) atoms. The number of nitrogens with zero attached hydrogens (tertiary/aromatic N) is 1. The molecule has 1 N–H and O–H groups in total. The van der Waals surface area contributed by atoms with E-state index in [4.69, 9.17) is 0 Å². The van der Waals surface area contributed by atoms with E-state index >= 15 is 0 Å². The first-order chi connectivity index (χ1) is 6.49. The van der Waals surface area contributed by atoms with Gasteiger partial charge in [0.2, 0.25) is 0 Å². The fourth-order valence-electron chi connectivity index (χ4n) is 1.15. The molecule has 0 unspecified atom stereocenters. The van der Waals surface area contributed by atoms with E-state index in [2.05, 4.69) is 9.97 Å². The standard InChI is InChI=1S/C10H14N2O2/c1-6(2)10-11-8(4-7(3)13)5-9(14)12-10/h5-6H,4H2,1-3H3,(H,11,12,14). The number of hydrogen-bond donors (Lipinski definition) is 1. The van der Waals surface area contributed by atoms with Gasteiger partial charge in [-0.1, -0.05) is 13.8 Å². The minimum absolute atomic E-state index is 0.0119. The average molecular weight is 194 g/mol. The van der Waals surface area contributed by atoms with Crippen molar-refractivity contribution in [3.63, 3.8) is 0 Å². The van der Waals surface area contributed by atoms with E-state index in [-0.39, 0.29) is 23.7 Å². The minimum Gasteiger partial charge on any atom is -0.310 e. The molecule has 1 rings (SSSR count). The first kappa shape index (κ1) is 10.6. The van der Waals surface area contributed by atoms with Gasteiger partial charge in [-0.3, -0.25) is 9.59 Å². The van der Waals surface area contributed by atoms with Crippen molar-refractivity contribution in [2.45, 2.75) is 33.1 Å². The topological polar surface area (TPSA) is 62.8 Å². The Hall–Kier alpha value is -1.45. The molecular weight excluding hydrogens is 180 g/mol. The van der Waals surface area contributed by atoms with Crippen LogP contribution in [0.25, 0.3) is 0 Å². The molecule has 0 aliphatic heterocycles. The third-order valence-electron chi connectivity index (χ3n) is 1.79. The van der Waals surface area contributed by atoms with Crippen LogP contribution in [0.3, 0.4) is 0 Å². The van der Waals surface area contributed by atoms with Crippen molar-refractivity contribution < 1.29 is 4.79 Å². The van der Waals surface area contributed by atoms with Crippen LogP contribution >= 0.6 is 0 Å². The highest BCUT2D eigenvalue weighted by Gasteiger charge is 2.06. The summed E-state index contributed by atoms with van der Waals surface area (Å²) in [6.45, 7) is 5.36. The number of rotatable bonds is 3. The van der Waals surface area contributed by atoms with Gasteiger partial charge in [0.05, 0.1) is 5.69 Å². The molecule has 0 amide bonds. The molecule has 76 valence electrons. The molecule has 0 atom stereocenters. The molecule has 1 aromatic heterocycles. The van der Waals surface area contributed by atoms with Gasteiger partial charge in [0.1, 0.15) is 11.6 Å². The fourth-order valence-corrected chi connectivity index (χ4v) is 1.15. The summed E-state index contributed by atoms with van der Waals surface area (Å²) in [6.07, 6.45) is 0.226. The smallest absolute Gasteiger partial charge is 0.251 e. The number of carbonyl (C=O) groups is 1. The molecule has 1 aromatic rings. The quantitative estimate of drug-likeness (QED) is 0.781. The number of H-pyrrole nitrogens is 1. The first-order valence-corrected chi connectivity index (χ1v) is 4.58. The van der Waals surface area contributed by atoms with Crippen molar-refractivity contribution in [2.75, 3.05) is 0 Å². The molecule has 0 aliphatic carbocycles. The van der Waals surface area contributed by atoms with Crippen LogP contribution in [0.15, 0.2) is 10.9 Å². The Balaban J connectivity index is 3.07. The highest BCUT2D eigenvalue weighted by Crippen LogP contribution is 2.06. The van der Waals surface area contributed by atoms with Gasteiger partial charge >= 0.3 is 0 Å². The number of aromatic nitrogens is 2. The molecule has 1 heterocycles. The van der Waals surface area contributed by atoms with Crippen LogP contribution in [0.4, 0.5) is 0 Å². The molecule has 0 aliphatic rings. The van der Waals surface area contributed by atoms with Crippen LogP contribution in [0, 0.1) is 0 Å². The molecule has 0 saturated heterocycles. The molecule has 0 saturated carbocycles. The molecule has 0 bridgehead atoms. The summed E-state index contributed by atoms with van der Waals surface area (Å²) >= 11 is 0. The summed E-state index contributed by atoms with van der Waals surface area (Å²) in [4.78, 5) is 28.9. The van der Waals surface area contributed by atoms with E-state index in [0.29, 0.717) is 11.5 Å². The first-order valence-electron chi connectivity index (χ1n) is 4.58. The molecule has 4 nitrogen and oxygen atoms in total. The Morgan fingerprint density at radius 1 is 1.57 bits per heavy atom. The van der Waals surface area contributed by atoms with Gasteiger partial charge in [0.25, 0.3) is 5.56 Å². The fraction of sp³-hybridized carbons (Fsp3) is 0.500. The number of ketones is 1. The SMILES string of the molecule is CC(=O)Cc1cc(=O)[nH]c(C(C)C)n1. The normalized spacial score (nSPS) is 10.6. The Labute approximate surface area is 82.4 Å². The molecule has 0 fully saturated rings. The van der Waals surface area contributed by atoms with E-state index in [1.54, 1.807) is 0 Å². The molecule has 0 aromatic carbocycles. The van der Waals surface area contributed by atoms with Crippen LogP contribution in [0.2, 0.25) is 0 Å². The molecular formula is C10H14N2O2. The summed E-state index contributed by atoms with van der Waals surface area (Å²) in [7, 11) is 0. The lowest BCUT2D eigenvalue weighted by Crippen LogP contribution is -2.15. The maximum atomic E-state index is 11.2.